The molecule has 1 aliphatic rings. The monoisotopic (exact) mass is 473 g/mol. The Balaban J connectivity index is 1.51. The Morgan fingerprint density at radius 1 is 1.25 bits per heavy atom. The number of benzene rings is 2. The van der Waals surface area contributed by atoms with Crippen molar-refractivity contribution in [1.82, 2.24) is 15.6 Å². The number of hydrogen-bond acceptors (Lipinski definition) is 5. The summed E-state index contributed by atoms with van der Waals surface area (Å²) in [5.41, 5.74) is 2.34. The first-order chi connectivity index (χ1) is 15.2. The van der Waals surface area contributed by atoms with Crippen molar-refractivity contribution in [2.24, 2.45) is 0 Å². The third-order valence-corrected chi connectivity index (χ3v) is 6.41. The van der Waals surface area contributed by atoms with E-state index in [1.165, 1.54) is 6.39 Å². The van der Waals surface area contributed by atoms with Crippen molar-refractivity contribution in [3.8, 4) is 0 Å². The van der Waals surface area contributed by atoms with Crippen LogP contribution in [0.15, 0.2) is 41.1 Å². The summed E-state index contributed by atoms with van der Waals surface area (Å²) in [6.07, 6.45) is 1.94. The van der Waals surface area contributed by atoms with Crippen LogP contribution in [0.5, 0.6) is 0 Å². The van der Waals surface area contributed by atoms with Gasteiger partial charge in [0.15, 0.2) is 12.0 Å². The number of hydrogen-bond donors (Lipinski definition) is 2. The van der Waals surface area contributed by atoms with Crippen molar-refractivity contribution in [2.75, 3.05) is 0 Å². The molecule has 2 aromatic carbocycles. The maximum atomic E-state index is 13.0. The van der Waals surface area contributed by atoms with Crippen LogP contribution in [0.25, 0.3) is 11.1 Å². The molecule has 0 saturated carbocycles. The Morgan fingerprint density at radius 2 is 1.97 bits per heavy atom. The molecule has 9 heteroatoms. The highest BCUT2D eigenvalue weighted by atomic mass is 35.5. The van der Waals surface area contributed by atoms with Crippen molar-refractivity contribution < 1.29 is 18.8 Å². The van der Waals surface area contributed by atoms with Crippen LogP contribution in [0.3, 0.4) is 0 Å². The van der Waals surface area contributed by atoms with Gasteiger partial charge in [0, 0.05) is 28.6 Å². The third kappa shape index (κ3) is 4.10. The molecule has 0 radical (unpaired) electrons. The van der Waals surface area contributed by atoms with E-state index in [4.69, 9.17) is 27.6 Å². The zero-order chi connectivity index (χ0) is 23.0. The van der Waals surface area contributed by atoms with Crippen LogP contribution < -0.4 is 10.6 Å². The second-order valence-electron chi connectivity index (χ2n) is 8.29. The number of carbonyl (C=O) groups excluding carboxylic acids is 3. The summed E-state index contributed by atoms with van der Waals surface area (Å²) in [7, 11) is 0. The molecule has 1 fully saturated rings. The van der Waals surface area contributed by atoms with Gasteiger partial charge in [0.2, 0.25) is 17.7 Å². The number of amides is 3. The number of halogens is 2. The lowest BCUT2D eigenvalue weighted by Crippen LogP contribution is -2.40. The van der Waals surface area contributed by atoms with Gasteiger partial charge in [-0.05, 0) is 49.6 Å². The molecule has 7 nitrogen and oxygen atoms in total. The molecule has 1 atom stereocenters. The number of nitrogens with zero attached hydrogens (tertiary/aromatic N) is 1. The van der Waals surface area contributed by atoms with Gasteiger partial charge in [-0.15, -0.1) is 0 Å². The quantitative estimate of drug-likeness (QED) is 0.539. The summed E-state index contributed by atoms with van der Waals surface area (Å²) in [5.74, 6) is -1.50. The van der Waals surface area contributed by atoms with Gasteiger partial charge in [0.05, 0.1) is 11.3 Å². The van der Waals surface area contributed by atoms with Crippen molar-refractivity contribution in [3.05, 3.63) is 63.5 Å². The van der Waals surface area contributed by atoms with Gasteiger partial charge >= 0.3 is 0 Å². The van der Waals surface area contributed by atoms with E-state index in [1.54, 1.807) is 18.2 Å². The van der Waals surface area contributed by atoms with Crippen LogP contribution in [-0.2, 0) is 26.3 Å². The predicted octanol–water partition coefficient (Wildman–Crippen LogP) is 4.25. The summed E-state index contributed by atoms with van der Waals surface area (Å²) in [4.78, 5) is 40.9. The van der Waals surface area contributed by atoms with Crippen molar-refractivity contribution in [3.63, 3.8) is 0 Å². The van der Waals surface area contributed by atoms with Crippen LogP contribution in [0, 0.1) is 0 Å². The minimum Gasteiger partial charge on any atom is -0.443 e. The zero-order valence-corrected chi connectivity index (χ0v) is 19.0. The second-order valence-corrected chi connectivity index (χ2v) is 9.10. The molecule has 4 rings (SSSR count). The summed E-state index contributed by atoms with van der Waals surface area (Å²) >= 11 is 12.9. The smallest absolute Gasteiger partial charge is 0.234 e. The summed E-state index contributed by atoms with van der Waals surface area (Å²) in [6, 6.07) is 8.84. The largest absolute Gasteiger partial charge is 0.443 e. The molecule has 0 bridgehead atoms. The number of oxazole rings is 1. The lowest BCUT2D eigenvalue weighted by molar-refractivity contribution is -0.134. The van der Waals surface area contributed by atoms with E-state index in [1.807, 2.05) is 26.0 Å². The summed E-state index contributed by atoms with van der Waals surface area (Å²) in [6.45, 7) is 3.84. The number of aromatic nitrogens is 1. The van der Waals surface area contributed by atoms with E-state index in [9.17, 15) is 14.4 Å². The first-order valence-corrected chi connectivity index (χ1v) is 10.9. The first kappa shape index (κ1) is 22.3. The number of rotatable bonds is 5. The van der Waals surface area contributed by atoms with Crippen LogP contribution >= 0.6 is 23.2 Å². The van der Waals surface area contributed by atoms with Gasteiger partial charge in [0.25, 0.3) is 0 Å². The standard InChI is InChI=1S/C23H21Cl2N3O4/c1-23(2,14-4-3-5-17-20(14)27-11-32-17)22(31)26-10-12-8-15(24)19(16(25)9-12)13-6-7-18(29)28-21(13)30/h3-5,8-9,11,13H,6-7,10H2,1-2H3,(H,26,31)(H,28,29,30). The first-order valence-electron chi connectivity index (χ1n) is 10.1. The van der Waals surface area contributed by atoms with E-state index in [2.05, 4.69) is 15.6 Å². The van der Waals surface area contributed by atoms with E-state index < -0.39 is 17.2 Å². The maximum absolute atomic E-state index is 13.0. The molecule has 2 heterocycles. The third-order valence-electron chi connectivity index (χ3n) is 5.78. The molecule has 0 aliphatic carbocycles. The molecular weight excluding hydrogens is 453 g/mol. The van der Waals surface area contributed by atoms with Gasteiger partial charge in [0.1, 0.15) is 5.52 Å². The average Bonchev–Trinajstić information content (AvgIpc) is 3.21. The topological polar surface area (TPSA) is 101 Å². The number of para-hydroxylation sites is 1. The molecule has 3 aromatic rings. The van der Waals surface area contributed by atoms with Gasteiger partial charge < -0.3 is 9.73 Å². The lowest BCUT2D eigenvalue weighted by Gasteiger charge is -2.25. The van der Waals surface area contributed by atoms with E-state index in [0.717, 1.165) is 5.56 Å². The highest BCUT2D eigenvalue weighted by molar-refractivity contribution is 6.36. The Labute approximate surface area is 194 Å². The second kappa shape index (κ2) is 8.56. The number of fused-ring (bicyclic) bond motifs is 1. The SMILES string of the molecule is CC(C)(C(=O)NCc1cc(Cl)c(C2CCC(=O)NC2=O)c(Cl)c1)c1cccc2ocnc12. The fraction of sp³-hybridized carbons (Fsp3) is 0.304. The minimum atomic E-state index is -0.864. The molecule has 166 valence electrons. The average molecular weight is 474 g/mol. The Kier molecular flexibility index (Phi) is 5.97. The normalized spacial score (nSPS) is 16.8. The highest BCUT2D eigenvalue weighted by Crippen LogP contribution is 2.37. The minimum absolute atomic E-state index is 0.200. The van der Waals surface area contributed by atoms with Crippen molar-refractivity contribution in [1.29, 1.82) is 0 Å². The molecule has 1 saturated heterocycles. The Morgan fingerprint density at radius 3 is 2.66 bits per heavy atom. The van der Waals surface area contributed by atoms with E-state index in [-0.39, 0.29) is 24.8 Å². The van der Waals surface area contributed by atoms with E-state index >= 15 is 0 Å². The summed E-state index contributed by atoms with van der Waals surface area (Å²) in [5, 5.41) is 5.88. The molecule has 1 aromatic heterocycles. The van der Waals surface area contributed by atoms with Crippen molar-refractivity contribution >= 4 is 52.0 Å². The fourth-order valence-corrected chi connectivity index (χ4v) is 4.75. The zero-order valence-electron chi connectivity index (χ0n) is 17.5. The highest BCUT2D eigenvalue weighted by Gasteiger charge is 2.33. The molecule has 1 unspecified atom stereocenters. The van der Waals surface area contributed by atoms with Gasteiger partial charge in [-0.2, -0.15) is 0 Å². The molecule has 0 spiro atoms. The number of imide groups is 1. The molecule has 3 amide bonds. The Bertz CT molecular complexity index is 1210. The number of piperidine rings is 1. The Hall–Kier alpha value is -2.90. The summed E-state index contributed by atoms with van der Waals surface area (Å²) < 4.78 is 5.34. The van der Waals surface area contributed by atoms with Crippen LogP contribution in [0.4, 0.5) is 0 Å². The van der Waals surface area contributed by atoms with Gasteiger partial charge in [-0.1, -0.05) is 35.3 Å². The van der Waals surface area contributed by atoms with Crippen molar-refractivity contribution in [2.45, 2.75) is 44.6 Å². The maximum Gasteiger partial charge on any atom is 0.234 e. The fourth-order valence-electron chi connectivity index (χ4n) is 3.96. The molecule has 2 N–H and O–H groups in total. The molecule has 32 heavy (non-hydrogen) atoms. The van der Waals surface area contributed by atoms with Crippen LogP contribution in [0.1, 0.15) is 49.3 Å². The molecule has 1 aliphatic heterocycles. The molecular formula is C23H21Cl2N3O4. The predicted molar refractivity (Wildman–Crippen MR) is 120 cm³/mol. The van der Waals surface area contributed by atoms with Crippen LogP contribution in [0.2, 0.25) is 10.0 Å². The van der Waals surface area contributed by atoms with Gasteiger partial charge in [-0.3, -0.25) is 19.7 Å². The van der Waals surface area contributed by atoms with E-state index in [0.29, 0.717) is 38.7 Å². The number of carbonyl (C=O) groups is 3. The number of nitrogens with one attached hydrogen (secondary N) is 2. The van der Waals surface area contributed by atoms with Crippen LogP contribution in [-0.4, -0.2) is 22.7 Å². The van der Waals surface area contributed by atoms with Gasteiger partial charge in [-0.25, -0.2) is 4.98 Å². The lowest BCUT2D eigenvalue weighted by atomic mass is 9.83.